The molecule has 148 valence electrons. The highest BCUT2D eigenvalue weighted by molar-refractivity contribution is 6.03. The van der Waals surface area contributed by atoms with E-state index in [-0.39, 0.29) is 5.69 Å². The highest BCUT2D eigenvalue weighted by atomic mass is 19.2. The molecule has 1 aromatic heterocycles. The van der Waals surface area contributed by atoms with Gasteiger partial charge in [0.15, 0.2) is 17.5 Å². The first-order valence-corrected chi connectivity index (χ1v) is 9.10. The molecule has 29 heavy (non-hydrogen) atoms. The summed E-state index contributed by atoms with van der Waals surface area (Å²) in [7, 11) is 0. The van der Waals surface area contributed by atoms with Gasteiger partial charge < -0.3 is 10.2 Å². The van der Waals surface area contributed by atoms with E-state index >= 15 is 0 Å². The van der Waals surface area contributed by atoms with Gasteiger partial charge in [0, 0.05) is 18.3 Å². The lowest BCUT2D eigenvalue weighted by atomic mass is 10.0. The fraction of sp³-hybridized carbons (Fsp3) is 0.190. The number of amides is 1. The Morgan fingerprint density at radius 3 is 2.69 bits per heavy atom. The highest BCUT2D eigenvalue weighted by Gasteiger charge is 2.22. The third-order valence-electron chi connectivity index (χ3n) is 4.73. The topological polar surface area (TPSA) is 58.1 Å². The van der Waals surface area contributed by atoms with E-state index in [0.717, 1.165) is 37.2 Å². The lowest BCUT2D eigenvalue weighted by Gasteiger charge is -2.30. The number of aromatic nitrogens is 2. The zero-order chi connectivity index (χ0) is 20.5. The van der Waals surface area contributed by atoms with E-state index in [4.69, 9.17) is 0 Å². The van der Waals surface area contributed by atoms with Crippen LogP contribution in [0, 0.1) is 24.4 Å². The Kier molecular flexibility index (Phi) is 4.92. The molecular weight excluding hydrogens is 381 g/mol. The molecule has 1 aliphatic rings. The molecule has 0 spiro atoms. The van der Waals surface area contributed by atoms with Crippen molar-refractivity contribution >= 4 is 23.1 Å². The van der Waals surface area contributed by atoms with Crippen LogP contribution in [0.3, 0.4) is 0 Å². The van der Waals surface area contributed by atoms with Gasteiger partial charge >= 0.3 is 0 Å². The van der Waals surface area contributed by atoms with E-state index in [1.807, 2.05) is 23.1 Å². The van der Waals surface area contributed by atoms with Crippen molar-refractivity contribution in [3.8, 4) is 0 Å². The number of hydrogen-bond acceptors (Lipinski definition) is 4. The summed E-state index contributed by atoms with van der Waals surface area (Å²) in [6, 6.07) is 11.2. The molecule has 2 aromatic carbocycles. The maximum atomic E-state index is 13.9. The average molecular weight is 398 g/mol. The Hall–Kier alpha value is -3.42. The molecule has 0 saturated carbocycles. The van der Waals surface area contributed by atoms with Crippen molar-refractivity contribution in [2.75, 3.05) is 16.8 Å². The normalized spacial score (nSPS) is 13.2. The molecule has 3 aromatic rings. The van der Waals surface area contributed by atoms with Crippen molar-refractivity contribution in [1.82, 2.24) is 9.97 Å². The average Bonchev–Trinajstić information content (AvgIpc) is 2.73. The van der Waals surface area contributed by atoms with Gasteiger partial charge in [-0.3, -0.25) is 4.79 Å². The number of benzene rings is 2. The van der Waals surface area contributed by atoms with Crippen LogP contribution in [0.5, 0.6) is 0 Å². The molecule has 1 amide bonds. The van der Waals surface area contributed by atoms with Crippen molar-refractivity contribution in [1.29, 1.82) is 0 Å². The molecule has 0 unspecified atom stereocenters. The van der Waals surface area contributed by atoms with Crippen LogP contribution in [-0.4, -0.2) is 22.4 Å². The number of rotatable bonds is 3. The molecule has 5 nitrogen and oxygen atoms in total. The Labute approximate surface area is 165 Å². The van der Waals surface area contributed by atoms with E-state index in [9.17, 15) is 18.0 Å². The molecular formula is C21H17F3N4O. The Balaban J connectivity index is 1.66. The van der Waals surface area contributed by atoms with Crippen molar-refractivity contribution in [2.24, 2.45) is 0 Å². The van der Waals surface area contributed by atoms with Gasteiger partial charge in [-0.2, -0.15) is 0 Å². The first-order chi connectivity index (χ1) is 13.9. The van der Waals surface area contributed by atoms with Gasteiger partial charge in [0.2, 0.25) is 0 Å². The minimum atomic E-state index is -1.65. The van der Waals surface area contributed by atoms with Crippen molar-refractivity contribution in [3.05, 3.63) is 77.0 Å². The summed E-state index contributed by atoms with van der Waals surface area (Å²) in [5, 5.41) is 2.24. The van der Waals surface area contributed by atoms with Crippen LogP contribution >= 0.6 is 0 Å². The number of anilines is 3. The summed E-state index contributed by atoms with van der Waals surface area (Å²) in [5.41, 5.74) is 1.73. The first-order valence-electron chi connectivity index (χ1n) is 9.10. The highest BCUT2D eigenvalue weighted by Crippen LogP contribution is 2.32. The summed E-state index contributed by atoms with van der Waals surface area (Å²) >= 11 is 0. The van der Waals surface area contributed by atoms with Crippen LogP contribution in [-0.2, 0) is 6.42 Å². The number of aryl methyl sites for hydroxylation is 2. The predicted molar refractivity (Wildman–Crippen MR) is 103 cm³/mol. The van der Waals surface area contributed by atoms with Gasteiger partial charge in [0.05, 0.1) is 5.69 Å². The molecule has 0 radical (unpaired) electrons. The molecule has 0 atom stereocenters. The largest absolute Gasteiger partial charge is 0.326 e. The van der Waals surface area contributed by atoms with Gasteiger partial charge in [0.1, 0.15) is 17.3 Å². The molecule has 0 aliphatic carbocycles. The third-order valence-corrected chi connectivity index (χ3v) is 4.73. The van der Waals surface area contributed by atoms with Crippen LogP contribution in [0.4, 0.5) is 30.4 Å². The van der Waals surface area contributed by atoms with Crippen LogP contribution < -0.4 is 10.2 Å². The number of nitrogens with zero attached hydrogens (tertiary/aromatic N) is 3. The van der Waals surface area contributed by atoms with E-state index in [0.29, 0.717) is 11.6 Å². The number of carbonyl (C=O) groups excluding carboxylic acids is 1. The zero-order valence-electron chi connectivity index (χ0n) is 15.5. The number of para-hydroxylation sites is 1. The second-order valence-electron chi connectivity index (χ2n) is 6.72. The Morgan fingerprint density at radius 2 is 1.86 bits per heavy atom. The number of fused-ring (bicyclic) bond motifs is 1. The number of carbonyl (C=O) groups is 1. The fourth-order valence-corrected chi connectivity index (χ4v) is 3.39. The standard InChI is InChI=1S/C21H17F3N4O/c1-12-25-16(21(29)27-15-9-8-14(22)19(23)20(15)24)11-18(26-12)28-10-4-6-13-5-2-3-7-17(13)28/h2-3,5,7-9,11H,4,6,10H2,1H3,(H,27,29). The minimum absolute atomic E-state index is 0.000289. The van der Waals surface area contributed by atoms with Crippen LogP contribution in [0.1, 0.15) is 28.3 Å². The van der Waals surface area contributed by atoms with Gasteiger partial charge in [-0.1, -0.05) is 18.2 Å². The van der Waals surface area contributed by atoms with Crippen molar-refractivity contribution in [3.63, 3.8) is 0 Å². The van der Waals surface area contributed by atoms with Gasteiger partial charge in [0.25, 0.3) is 5.91 Å². The van der Waals surface area contributed by atoms with E-state index in [1.54, 1.807) is 6.92 Å². The molecule has 0 fully saturated rings. The Bertz CT molecular complexity index is 1100. The lowest BCUT2D eigenvalue weighted by Crippen LogP contribution is -2.26. The monoisotopic (exact) mass is 398 g/mol. The smallest absolute Gasteiger partial charge is 0.274 e. The Morgan fingerprint density at radius 1 is 1.07 bits per heavy atom. The molecule has 1 N–H and O–H groups in total. The van der Waals surface area contributed by atoms with Crippen LogP contribution in [0.25, 0.3) is 0 Å². The summed E-state index contributed by atoms with van der Waals surface area (Å²) < 4.78 is 40.4. The molecule has 8 heteroatoms. The summed E-state index contributed by atoms with van der Waals surface area (Å²) in [5.74, 6) is -4.28. The van der Waals surface area contributed by atoms with E-state index in [2.05, 4.69) is 21.4 Å². The van der Waals surface area contributed by atoms with Crippen LogP contribution in [0.2, 0.25) is 0 Å². The molecule has 0 bridgehead atoms. The maximum Gasteiger partial charge on any atom is 0.274 e. The second kappa shape index (κ2) is 7.54. The predicted octanol–water partition coefficient (Wildman–Crippen LogP) is 4.54. The lowest BCUT2D eigenvalue weighted by molar-refractivity contribution is 0.102. The van der Waals surface area contributed by atoms with Crippen LogP contribution in [0.15, 0.2) is 42.5 Å². The maximum absolute atomic E-state index is 13.9. The SMILES string of the molecule is Cc1nc(C(=O)Nc2ccc(F)c(F)c2F)cc(N2CCCc3ccccc32)n1. The van der Waals surface area contributed by atoms with Gasteiger partial charge in [-0.25, -0.2) is 23.1 Å². The summed E-state index contributed by atoms with van der Waals surface area (Å²) in [6.07, 6.45) is 1.89. The fourth-order valence-electron chi connectivity index (χ4n) is 3.39. The second-order valence-corrected chi connectivity index (χ2v) is 6.72. The molecule has 1 aliphatic heterocycles. The van der Waals surface area contributed by atoms with Crippen molar-refractivity contribution < 1.29 is 18.0 Å². The quantitative estimate of drug-likeness (QED) is 0.658. The van der Waals surface area contributed by atoms with E-state index in [1.165, 1.54) is 11.6 Å². The third kappa shape index (κ3) is 3.65. The molecule has 0 saturated heterocycles. The summed E-state index contributed by atoms with van der Waals surface area (Å²) in [6.45, 7) is 2.38. The molecule has 4 rings (SSSR count). The van der Waals surface area contributed by atoms with Crippen molar-refractivity contribution in [2.45, 2.75) is 19.8 Å². The van der Waals surface area contributed by atoms with Gasteiger partial charge in [-0.15, -0.1) is 0 Å². The number of hydrogen-bond donors (Lipinski definition) is 1. The number of nitrogens with one attached hydrogen (secondary N) is 1. The first kappa shape index (κ1) is 18.9. The summed E-state index contributed by atoms with van der Waals surface area (Å²) in [4.78, 5) is 23.1. The molecule has 2 heterocycles. The van der Waals surface area contributed by atoms with Gasteiger partial charge in [-0.05, 0) is 43.5 Å². The minimum Gasteiger partial charge on any atom is -0.326 e. The number of halogens is 3. The zero-order valence-corrected chi connectivity index (χ0v) is 15.5. The van der Waals surface area contributed by atoms with E-state index < -0.39 is 29.0 Å².